The molecule has 0 aromatic carbocycles. The predicted octanol–water partition coefficient (Wildman–Crippen LogP) is 1.96. The van der Waals surface area contributed by atoms with Gasteiger partial charge in [-0.2, -0.15) is 0 Å². The van der Waals surface area contributed by atoms with Crippen LogP contribution in [0.4, 0.5) is 0 Å². The van der Waals surface area contributed by atoms with E-state index >= 15 is 0 Å². The van der Waals surface area contributed by atoms with Crippen LogP contribution in [0.3, 0.4) is 0 Å². The molecule has 0 atom stereocenters. The summed E-state index contributed by atoms with van der Waals surface area (Å²) in [5.74, 6) is 0.905. The van der Waals surface area contributed by atoms with Gasteiger partial charge in [0.2, 0.25) is 0 Å². The van der Waals surface area contributed by atoms with Crippen molar-refractivity contribution in [2.75, 3.05) is 0 Å². The summed E-state index contributed by atoms with van der Waals surface area (Å²) < 4.78 is 2.96. The van der Waals surface area contributed by atoms with Crippen LogP contribution in [-0.2, 0) is 6.54 Å². The summed E-state index contributed by atoms with van der Waals surface area (Å²) in [5.41, 5.74) is 0. The van der Waals surface area contributed by atoms with E-state index in [1.807, 2.05) is 12.4 Å². The second-order valence-electron chi connectivity index (χ2n) is 2.86. The predicted molar refractivity (Wildman–Crippen MR) is 42.3 cm³/mol. The lowest BCUT2D eigenvalue weighted by molar-refractivity contribution is 0.620. The maximum absolute atomic E-state index is 5.04. The number of aromatic amines is 1. The van der Waals surface area contributed by atoms with Crippen LogP contribution in [-0.4, -0.2) is 9.55 Å². The molecular weight excluding hydrogens is 144 g/mol. The monoisotopic (exact) mass is 154 g/mol. The summed E-state index contributed by atoms with van der Waals surface area (Å²) in [7, 11) is 0. The fourth-order valence-corrected chi connectivity index (χ4v) is 1.27. The number of rotatable bonds is 2. The van der Waals surface area contributed by atoms with Crippen molar-refractivity contribution in [1.29, 1.82) is 0 Å². The lowest BCUT2D eigenvalue weighted by Crippen LogP contribution is -1.97. The van der Waals surface area contributed by atoms with E-state index in [0.717, 1.165) is 17.2 Å². The molecular formula is C7H10N2S. The summed E-state index contributed by atoms with van der Waals surface area (Å²) in [6.07, 6.45) is 6.67. The van der Waals surface area contributed by atoms with Crippen molar-refractivity contribution in [1.82, 2.24) is 9.55 Å². The molecule has 54 valence electrons. The van der Waals surface area contributed by atoms with Gasteiger partial charge in [-0.1, -0.05) is 0 Å². The molecule has 0 radical (unpaired) electrons. The lowest BCUT2D eigenvalue weighted by atomic mass is 10.4. The number of aromatic nitrogens is 2. The second-order valence-corrected chi connectivity index (χ2v) is 3.25. The average Bonchev–Trinajstić information content (AvgIpc) is 2.62. The van der Waals surface area contributed by atoms with Crippen molar-refractivity contribution in [3.63, 3.8) is 0 Å². The van der Waals surface area contributed by atoms with Gasteiger partial charge in [0.15, 0.2) is 4.77 Å². The smallest absolute Gasteiger partial charge is 0.177 e. The maximum Gasteiger partial charge on any atom is 0.177 e. The van der Waals surface area contributed by atoms with Crippen LogP contribution >= 0.6 is 12.2 Å². The molecule has 0 saturated heterocycles. The topological polar surface area (TPSA) is 20.7 Å². The first-order chi connectivity index (χ1) is 4.86. The van der Waals surface area contributed by atoms with Gasteiger partial charge in [-0.3, -0.25) is 0 Å². The van der Waals surface area contributed by atoms with Crippen LogP contribution in [0.2, 0.25) is 0 Å². The highest BCUT2D eigenvalue weighted by atomic mass is 32.1. The maximum atomic E-state index is 5.04. The molecule has 1 aromatic rings. The summed E-state index contributed by atoms with van der Waals surface area (Å²) in [6, 6.07) is 0. The normalized spacial score (nSPS) is 17.6. The van der Waals surface area contributed by atoms with Crippen molar-refractivity contribution >= 4 is 12.2 Å². The molecule has 1 saturated carbocycles. The third-order valence-electron chi connectivity index (χ3n) is 1.87. The third kappa shape index (κ3) is 1.14. The minimum Gasteiger partial charge on any atom is -0.337 e. The van der Waals surface area contributed by atoms with Gasteiger partial charge in [0.25, 0.3) is 0 Å². The number of hydrogen-bond acceptors (Lipinski definition) is 1. The fraction of sp³-hybridized carbons (Fsp3) is 0.571. The van der Waals surface area contributed by atoms with Crippen molar-refractivity contribution in [2.24, 2.45) is 5.92 Å². The van der Waals surface area contributed by atoms with E-state index in [-0.39, 0.29) is 0 Å². The molecule has 2 rings (SSSR count). The highest BCUT2D eigenvalue weighted by molar-refractivity contribution is 7.71. The molecule has 1 aromatic heterocycles. The highest BCUT2D eigenvalue weighted by Gasteiger charge is 2.21. The Hall–Kier alpha value is -0.570. The van der Waals surface area contributed by atoms with Gasteiger partial charge in [0.05, 0.1) is 0 Å². The Balaban J connectivity index is 2.16. The minimum absolute atomic E-state index is 0.854. The zero-order valence-electron chi connectivity index (χ0n) is 5.71. The first kappa shape index (κ1) is 6.16. The van der Waals surface area contributed by atoms with Crippen LogP contribution in [0.1, 0.15) is 12.8 Å². The van der Waals surface area contributed by atoms with Crippen molar-refractivity contribution in [3.05, 3.63) is 17.2 Å². The Morgan fingerprint density at radius 2 is 2.50 bits per heavy atom. The molecule has 0 amide bonds. The average molecular weight is 154 g/mol. The Kier molecular flexibility index (Phi) is 1.38. The number of H-pyrrole nitrogens is 1. The van der Waals surface area contributed by atoms with Gasteiger partial charge in [-0.25, -0.2) is 0 Å². The van der Waals surface area contributed by atoms with Crippen molar-refractivity contribution < 1.29 is 0 Å². The molecule has 2 nitrogen and oxygen atoms in total. The third-order valence-corrected chi connectivity index (χ3v) is 2.23. The molecule has 1 heterocycles. The molecule has 1 aliphatic rings. The standard InChI is InChI=1S/C7H10N2S/c10-7-8-3-4-9(7)5-6-1-2-6/h3-4,6H,1-2,5H2,(H,8,10). The Labute approximate surface area is 64.9 Å². The molecule has 0 bridgehead atoms. The molecule has 1 aliphatic carbocycles. The van der Waals surface area contributed by atoms with Crippen LogP contribution in [0, 0.1) is 10.7 Å². The zero-order valence-corrected chi connectivity index (χ0v) is 6.53. The summed E-state index contributed by atoms with van der Waals surface area (Å²) in [4.78, 5) is 2.98. The van der Waals surface area contributed by atoms with Gasteiger partial charge in [0.1, 0.15) is 0 Å². The van der Waals surface area contributed by atoms with Gasteiger partial charge in [0, 0.05) is 18.9 Å². The molecule has 0 unspecified atom stereocenters. The van der Waals surface area contributed by atoms with Crippen molar-refractivity contribution in [2.45, 2.75) is 19.4 Å². The van der Waals surface area contributed by atoms with Crippen LogP contribution in [0.25, 0.3) is 0 Å². The first-order valence-electron chi connectivity index (χ1n) is 3.60. The molecule has 0 spiro atoms. The van der Waals surface area contributed by atoms with Gasteiger partial charge < -0.3 is 9.55 Å². The van der Waals surface area contributed by atoms with Crippen molar-refractivity contribution in [3.8, 4) is 0 Å². The first-order valence-corrected chi connectivity index (χ1v) is 4.01. The molecule has 3 heteroatoms. The molecule has 1 fully saturated rings. The fourth-order valence-electron chi connectivity index (χ4n) is 1.07. The quantitative estimate of drug-likeness (QED) is 0.646. The Bertz CT molecular complexity index is 269. The summed E-state index contributed by atoms with van der Waals surface area (Å²) >= 11 is 5.04. The van der Waals surface area contributed by atoms with Crippen LogP contribution in [0.5, 0.6) is 0 Å². The highest BCUT2D eigenvalue weighted by Crippen LogP contribution is 2.30. The molecule has 10 heavy (non-hydrogen) atoms. The van der Waals surface area contributed by atoms with E-state index in [9.17, 15) is 0 Å². The van der Waals surface area contributed by atoms with E-state index in [4.69, 9.17) is 12.2 Å². The van der Waals surface area contributed by atoms with E-state index < -0.39 is 0 Å². The van der Waals surface area contributed by atoms with Gasteiger partial charge >= 0.3 is 0 Å². The van der Waals surface area contributed by atoms with E-state index in [2.05, 4.69) is 9.55 Å². The van der Waals surface area contributed by atoms with Crippen LogP contribution in [0.15, 0.2) is 12.4 Å². The molecule has 1 N–H and O–H groups in total. The lowest BCUT2D eigenvalue weighted by Gasteiger charge is -1.96. The number of imidazole rings is 1. The molecule has 0 aliphatic heterocycles. The second kappa shape index (κ2) is 2.23. The summed E-state index contributed by atoms with van der Waals surface area (Å²) in [5, 5.41) is 0. The van der Waals surface area contributed by atoms with Crippen LogP contribution < -0.4 is 0 Å². The zero-order chi connectivity index (χ0) is 6.97. The van der Waals surface area contributed by atoms with Gasteiger partial charge in [-0.15, -0.1) is 0 Å². The van der Waals surface area contributed by atoms with E-state index in [0.29, 0.717) is 0 Å². The largest absolute Gasteiger partial charge is 0.337 e. The SMILES string of the molecule is S=c1[nH]ccn1CC1CC1. The van der Waals surface area contributed by atoms with E-state index in [1.165, 1.54) is 12.8 Å². The Morgan fingerprint density at radius 3 is 3.00 bits per heavy atom. The van der Waals surface area contributed by atoms with E-state index in [1.54, 1.807) is 0 Å². The number of nitrogens with one attached hydrogen (secondary N) is 1. The Morgan fingerprint density at radius 1 is 1.70 bits per heavy atom. The summed E-state index contributed by atoms with van der Waals surface area (Å²) in [6.45, 7) is 1.11. The van der Waals surface area contributed by atoms with Gasteiger partial charge in [-0.05, 0) is 31.0 Å². The number of hydrogen-bond donors (Lipinski definition) is 1. The number of nitrogens with zero attached hydrogens (tertiary/aromatic N) is 1. The minimum atomic E-state index is 0.854.